The van der Waals surface area contributed by atoms with Gasteiger partial charge in [0.05, 0.1) is 12.0 Å². The molecule has 0 saturated heterocycles. The van der Waals surface area contributed by atoms with Crippen LogP contribution >= 0.6 is 9.24 Å². The molecule has 3 heterocycles. The number of para-hydroxylation sites is 1. The highest BCUT2D eigenvalue weighted by Crippen LogP contribution is 2.48. The Morgan fingerprint density at radius 2 is 1.77 bits per heavy atom. The van der Waals surface area contributed by atoms with E-state index in [-0.39, 0.29) is 25.0 Å². The summed E-state index contributed by atoms with van der Waals surface area (Å²) in [5.74, 6) is -0.152. The minimum atomic E-state index is -4.58. The van der Waals surface area contributed by atoms with E-state index in [0.717, 1.165) is 22.5 Å². The second-order valence-electron chi connectivity index (χ2n) is 7.59. The number of amides is 1. The highest BCUT2D eigenvalue weighted by atomic mass is 31.0. The first-order valence-corrected chi connectivity index (χ1v) is 10.0. The molecule has 2 aliphatic heterocycles. The van der Waals surface area contributed by atoms with Gasteiger partial charge in [0.25, 0.3) is 0 Å². The zero-order valence-corrected chi connectivity index (χ0v) is 17.5. The lowest BCUT2D eigenvalue weighted by Crippen LogP contribution is -2.40. The summed E-state index contributed by atoms with van der Waals surface area (Å²) in [7, 11) is 2.62. The van der Waals surface area contributed by atoms with Gasteiger partial charge >= 0.3 is 6.18 Å². The molecule has 2 unspecified atom stereocenters. The molecule has 0 N–H and O–H groups in total. The zero-order chi connectivity index (χ0) is 22.0. The lowest BCUT2D eigenvalue weighted by atomic mass is 9.77. The minimum absolute atomic E-state index is 0.0523. The van der Waals surface area contributed by atoms with Gasteiger partial charge in [0.1, 0.15) is 5.76 Å². The SMILES string of the molecule is CC1(c2cc3c(cc2P)OCO3)C(=O)N(Cc2ccc(C(F)(F)F)o2)c2ccccc21. The number of nitrogens with zero attached hydrogens (tertiary/aromatic N) is 1. The molecule has 5 nitrogen and oxygen atoms in total. The molecule has 31 heavy (non-hydrogen) atoms. The van der Waals surface area contributed by atoms with Crippen LogP contribution in [0.2, 0.25) is 0 Å². The van der Waals surface area contributed by atoms with E-state index in [9.17, 15) is 18.0 Å². The first-order chi connectivity index (χ1) is 14.7. The third-order valence-corrected chi connectivity index (χ3v) is 6.22. The number of carbonyl (C=O) groups excluding carboxylic acids is 1. The third kappa shape index (κ3) is 3.00. The summed E-state index contributed by atoms with van der Waals surface area (Å²) in [6, 6.07) is 13.0. The first-order valence-electron chi connectivity index (χ1n) is 9.46. The number of benzene rings is 2. The summed E-state index contributed by atoms with van der Waals surface area (Å²) >= 11 is 0. The van der Waals surface area contributed by atoms with Crippen molar-refractivity contribution in [2.75, 3.05) is 11.7 Å². The van der Waals surface area contributed by atoms with Crippen molar-refractivity contribution in [1.82, 2.24) is 0 Å². The summed E-state index contributed by atoms with van der Waals surface area (Å²) < 4.78 is 54.7. The van der Waals surface area contributed by atoms with Crippen LogP contribution in [0.3, 0.4) is 0 Å². The number of ether oxygens (including phenoxy) is 2. The van der Waals surface area contributed by atoms with Gasteiger partial charge in [-0.15, -0.1) is 9.24 Å². The van der Waals surface area contributed by atoms with Crippen LogP contribution < -0.4 is 19.7 Å². The van der Waals surface area contributed by atoms with E-state index in [4.69, 9.17) is 13.9 Å². The fourth-order valence-electron chi connectivity index (χ4n) is 4.21. The van der Waals surface area contributed by atoms with E-state index in [2.05, 4.69) is 9.24 Å². The summed E-state index contributed by atoms with van der Waals surface area (Å²) in [5.41, 5.74) is 1.04. The Morgan fingerprint density at radius 1 is 1.06 bits per heavy atom. The van der Waals surface area contributed by atoms with Crippen LogP contribution in [0.4, 0.5) is 18.9 Å². The maximum Gasteiger partial charge on any atom is 0.449 e. The molecular weight excluding hydrogens is 430 g/mol. The van der Waals surface area contributed by atoms with E-state index < -0.39 is 17.4 Å². The quantitative estimate of drug-likeness (QED) is 0.560. The molecule has 0 spiro atoms. The number of halogens is 3. The van der Waals surface area contributed by atoms with Crippen molar-refractivity contribution >= 4 is 26.1 Å². The fraction of sp³-hybridized carbons (Fsp3) is 0.227. The summed E-state index contributed by atoms with van der Waals surface area (Å²) in [4.78, 5) is 15.2. The number of rotatable bonds is 3. The predicted octanol–water partition coefficient (Wildman–Crippen LogP) is 4.38. The molecule has 9 heteroatoms. The molecule has 0 aliphatic carbocycles. The molecule has 2 atom stereocenters. The van der Waals surface area contributed by atoms with Gasteiger partial charge in [-0.2, -0.15) is 13.2 Å². The molecule has 0 saturated carbocycles. The van der Waals surface area contributed by atoms with Gasteiger partial charge in [-0.3, -0.25) is 4.79 Å². The van der Waals surface area contributed by atoms with Crippen LogP contribution in [0.5, 0.6) is 11.5 Å². The highest BCUT2D eigenvalue weighted by molar-refractivity contribution is 7.27. The molecule has 0 bridgehead atoms. The molecule has 0 fully saturated rings. The second kappa shape index (κ2) is 6.76. The molecule has 3 aromatic rings. The van der Waals surface area contributed by atoms with Crippen LogP contribution in [0.25, 0.3) is 0 Å². The Labute approximate surface area is 177 Å². The average molecular weight is 447 g/mol. The average Bonchev–Trinajstić information content (AvgIpc) is 3.43. The maximum atomic E-state index is 13.7. The smallest absolute Gasteiger partial charge is 0.449 e. The standard InChI is InChI=1S/C22H17F3NO4P/c1-21(14-8-16-17(9-18(14)31)29-11-28-16)13-4-2-3-5-15(13)26(20(21)27)10-12-6-7-19(30-12)22(23,24)25/h2-9H,10-11,31H2,1H3. The minimum Gasteiger partial charge on any atom is -0.455 e. The Bertz CT molecular complexity index is 1210. The monoisotopic (exact) mass is 447 g/mol. The lowest BCUT2D eigenvalue weighted by Gasteiger charge is -2.26. The van der Waals surface area contributed by atoms with Crippen LogP contribution in [-0.2, 0) is 22.9 Å². The van der Waals surface area contributed by atoms with Crippen LogP contribution in [0.1, 0.15) is 29.6 Å². The topological polar surface area (TPSA) is 51.9 Å². The number of furan rings is 1. The van der Waals surface area contributed by atoms with Crippen molar-refractivity contribution in [3.8, 4) is 11.5 Å². The van der Waals surface area contributed by atoms with E-state index in [0.29, 0.717) is 17.2 Å². The molecule has 1 amide bonds. The van der Waals surface area contributed by atoms with Crippen molar-refractivity contribution in [3.05, 3.63) is 71.2 Å². The number of alkyl halides is 3. The third-order valence-electron chi connectivity index (χ3n) is 5.74. The van der Waals surface area contributed by atoms with Crippen molar-refractivity contribution in [2.24, 2.45) is 0 Å². The second-order valence-corrected chi connectivity index (χ2v) is 8.21. The van der Waals surface area contributed by atoms with Crippen molar-refractivity contribution in [3.63, 3.8) is 0 Å². The molecule has 160 valence electrons. The number of fused-ring (bicyclic) bond motifs is 2. The zero-order valence-electron chi connectivity index (χ0n) is 16.3. The molecule has 0 radical (unpaired) electrons. The number of carbonyl (C=O) groups is 1. The maximum absolute atomic E-state index is 13.7. The predicted molar refractivity (Wildman–Crippen MR) is 110 cm³/mol. The summed E-state index contributed by atoms with van der Waals surface area (Å²) in [6.45, 7) is 1.80. The van der Waals surface area contributed by atoms with E-state index in [1.807, 2.05) is 19.1 Å². The molecule has 2 aliphatic rings. The summed E-state index contributed by atoms with van der Waals surface area (Å²) in [6.07, 6.45) is -4.58. The van der Waals surface area contributed by atoms with Gasteiger partial charge in [-0.1, -0.05) is 18.2 Å². The van der Waals surface area contributed by atoms with Gasteiger partial charge in [0.15, 0.2) is 11.5 Å². The Morgan fingerprint density at radius 3 is 2.48 bits per heavy atom. The van der Waals surface area contributed by atoms with E-state index >= 15 is 0 Å². The number of hydrogen-bond acceptors (Lipinski definition) is 4. The molecule has 2 aromatic carbocycles. The first kappa shape index (κ1) is 19.9. The van der Waals surface area contributed by atoms with Crippen LogP contribution in [-0.4, -0.2) is 12.7 Å². The Kier molecular flexibility index (Phi) is 4.35. The van der Waals surface area contributed by atoms with E-state index in [1.165, 1.54) is 11.0 Å². The van der Waals surface area contributed by atoms with Gasteiger partial charge in [0.2, 0.25) is 18.5 Å². The summed E-state index contributed by atoms with van der Waals surface area (Å²) in [5, 5.41) is 0.772. The Hall–Kier alpha value is -2.99. The van der Waals surface area contributed by atoms with Crippen LogP contribution in [0, 0.1) is 0 Å². The highest BCUT2D eigenvalue weighted by Gasteiger charge is 2.50. The van der Waals surface area contributed by atoms with Gasteiger partial charge in [0, 0.05) is 5.69 Å². The van der Waals surface area contributed by atoms with Crippen LogP contribution in [0.15, 0.2) is 52.9 Å². The van der Waals surface area contributed by atoms with Gasteiger partial charge < -0.3 is 18.8 Å². The Balaban J connectivity index is 1.58. The van der Waals surface area contributed by atoms with Gasteiger partial charge in [-0.25, -0.2) is 0 Å². The number of anilines is 1. The fourth-order valence-corrected chi connectivity index (χ4v) is 4.73. The van der Waals surface area contributed by atoms with E-state index in [1.54, 1.807) is 24.3 Å². The van der Waals surface area contributed by atoms with Crippen molar-refractivity contribution in [1.29, 1.82) is 0 Å². The normalized spacial score (nSPS) is 19.8. The number of hydrogen-bond donors (Lipinski definition) is 0. The van der Waals surface area contributed by atoms with Gasteiger partial charge in [-0.05, 0) is 53.7 Å². The molecule has 5 rings (SSSR count). The lowest BCUT2D eigenvalue weighted by molar-refractivity contribution is -0.153. The molecule has 1 aromatic heterocycles. The molecular formula is C22H17F3NO4P. The largest absolute Gasteiger partial charge is 0.455 e. The van der Waals surface area contributed by atoms with Crippen molar-refractivity contribution in [2.45, 2.75) is 25.1 Å². The van der Waals surface area contributed by atoms with Crippen molar-refractivity contribution < 1.29 is 31.9 Å².